The standard InChI is InChI=1S/C13H17N3O4/c1-19-11-3-2-8(6-9(11)14)13(18)16-4-5-20-7-10(16)12(15)17/h2-3,6,10H,4-5,7,14H2,1H3,(H2,15,17). The van der Waals surface area contributed by atoms with Crippen molar-refractivity contribution in [2.45, 2.75) is 6.04 Å². The zero-order chi connectivity index (χ0) is 14.7. The summed E-state index contributed by atoms with van der Waals surface area (Å²) in [5.41, 5.74) is 11.8. The summed E-state index contributed by atoms with van der Waals surface area (Å²) in [5.74, 6) is -0.388. The average molecular weight is 279 g/mol. The van der Waals surface area contributed by atoms with E-state index in [9.17, 15) is 9.59 Å². The van der Waals surface area contributed by atoms with Crippen molar-refractivity contribution in [3.05, 3.63) is 23.8 Å². The van der Waals surface area contributed by atoms with Gasteiger partial charge in [0.1, 0.15) is 11.8 Å². The summed E-state index contributed by atoms with van der Waals surface area (Å²) in [6.07, 6.45) is 0. The van der Waals surface area contributed by atoms with Crippen LogP contribution >= 0.6 is 0 Å². The number of hydrogen-bond donors (Lipinski definition) is 2. The molecule has 1 aromatic rings. The van der Waals surface area contributed by atoms with E-state index in [1.54, 1.807) is 12.1 Å². The Labute approximate surface area is 116 Å². The van der Waals surface area contributed by atoms with Crippen LogP contribution in [0.15, 0.2) is 18.2 Å². The monoisotopic (exact) mass is 279 g/mol. The highest BCUT2D eigenvalue weighted by Gasteiger charge is 2.32. The van der Waals surface area contributed by atoms with Gasteiger partial charge in [0.2, 0.25) is 5.91 Å². The van der Waals surface area contributed by atoms with Gasteiger partial charge in [-0.05, 0) is 18.2 Å². The summed E-state index contributed by atoms with van der Waals surface area (Å²) in [7, 11) is 1.50. The number of nitrogens with zero attached hydrogens (tertiary/aromatic N) is 1. The number of carbonyl (C=O) groups is 2. The van der Waals surface area contributed by atoms with Gasteiger partial charge in [-0.1, -0.05) is 0 Å². The fourth-order valence-corrected chi connectivity index (χ4v) is 2.12. The van der Waals surface area contributed by atoms with Crippen LogP contribution in [0.4, 0.5) is 5.69 Å². The molecule has 1 atom stereocenters. The zero-order valence-corrected chi connectivity index (χ0v) is 11.2. The van der Waals surface area contributed by atoms with E-state index in [2.05, 4.69) is 0 Å². The predicted octanol–water partition coefficient (Wildman–Crippen LogP) is -0.396. The number of benzene rings is 1. The first-order valence-electron chi connectivity index (χ1n) is 6.16. The molecule has 1 aromatic carbocycles. The van der Waals surface area contributed by atoms with Gasteiger partial charge in [-0.3, -0.25) is 9.59 Å². The van der Waals surface area contributed by atoms with E-state index in [1.165, 1.54) is 18.1 Å². The molecule has 1 saturated heterocycles. The van der Waals surface area contributed by atoms with Crippen LogP contribution in [-0.2, 0) is 9.53 Å². The minimum absolute atomic E-state index is 0.118. The Balaban J connectivity index is 2.25. The van der Waals surface area contributed by atoms with Gasteiger partial charge >= 0.3 is 0 Å². The second-order valence-corrected chi connectivity index (χ2v) is 4.45. The van der Waals surface area contributed by atoms with E-state index in [1.807, 2.05) is 0 Å². The molecule has 0 aromatic heterocycles. The molecule has 1 aliphatic rings. The molecule has 1 aliphatic heterocycles. The van der Waals surface area contributed by atoms with Crippen molar-refractivity contribution < 1.29 is 19.1 Å². The molecule has 7 nitrogen and oxygen atoms in total. The number of carbonyl (C=O) groups excluding carboxylic acids is 2. The van der Waals surface area contributed by atoms with Crippen LogP contribution in [0.5, 0.6) is 5.75 Å². The van der Waals surface area contributed by atoms with Gasteiger partial charge in [0.15, 0.2) is 0 Å². The summed E-state index contributed by atoms with van der Waals surface area (Å²) < 4.78 is 10.2. The Morgan fingerprint density at radius 1 is 1.45 bits per heavy atom. The van der Waals surface area contributed by atoms with Crippen molar-refractivity contribution in [2.24, 2.45) is 5.73 Å². The minimum atomic E-state index is -0.750. The topological polar surface area (TPSA) is 108 Å². The number of amides is 2. The van der Waals surface area contributed by atoms with E-state index in [4.69, 9.17) is 20.9 Å². The molecule has 4 N–H and O–H groups in total. The van der Waals surface area contributed by atoms with Crippen LogP contribution < -0.4 is 16.2 Å². The third-order valence-electron chi connectivity index (χ3n) is 3.19. The SMILES string of the molecule is COc1ccc(C(=O)N2CCOCC2C(N)=O)cc1N. The lowest BCUT2D eigenvalue weighted by molar-refractivity contribution is -0.127. The number of nitrogens with two attached hydrogens (primary N) is 2. The third-order valence-corrected chi connectivity index (χ3v) is 3.19. The number of methoxy groups -OCH3 is 1. The molecule has 0 aliphatic carbocycles. The first kappa shape index (κ1) is 14.1. The number of anilines is 1. The van der Waals surface area contributed by atoms with Crippen molar-refractivity contribution in [3.8, 4) is 5.75 Å². The number of rotatable bonds is 3. The molecule has 1 unspecified atom stereocenters. The maximum absolute atomic E-state index is 12.4. The second-order valence-electron chi connectivity index (χ2n) is 4.45. The van der Waals surface area contributed by atoms with E-state index in [0.29, 0.717) is 30.2 Å². The van der Waals surface area contributed by atoms with E-state index in [0.717, 1.165) is 0 Å². The zero-order valence-electron chi connectivity index (χ0n) is 11.2. The largest absolute Gasteiger partial charge is 0.495 e. The summed E-state index contributed by atoms with van der Waals surface area (Å²) in [6, 6.07) is 3.99. The molecule has 20 heavy (non-hydrogen) atoms. The number of primary amides is 1. The van der Waals surface area contributed by atoms with Gasteiger partial charge in [-0.25, -0.2) is 0 Å². The Kier molecular flexibility index (Phi) is 4.09. The molecule has 0 saturated carbocycles. The van der Waals surface area contributed by atoms with Gasteiger partial charge in [-0.2, -0.15) is 0 Å². The Bertz CT molecular complexity index is 532. The van der Waals surface area contributed by atoms with Crippen LogP contribution in [0.25, 0.3) is 0 Å². The van der Waals surface area contributed by atoms with Crippen molar-refractivity contribution in [3.63, 3.8) is 0 Å². The fraction of sp³-hybridized carbons (Fsp3) is 0.385. The lowest BCUT2D eigenvalue weighted by Gasteiger charge is -2.33. The summed E-state index contributed by atoms with van der Waals surface area (Å²) in [5, 5.41) is 0. The number of hydrogen-bond acceptors (Lipinski definition) is 5. The minimum Gasteiger partial charge on any atom is -0.495 e. The molecule has 7 heteroatoms. The lowest BCUT2D eigenvalue weighted by atomic mass is 10.1. The van der Waals surface area contributed by atoms with Crippen LogP contribution in [0.3, 0.4) is 0 Å². The first-order chi connectivity index (χ1) is 9.54. The Morgan fingerprint density at radius 2 is 2.20 bits per heavy atom. The number of nitrogen functional groups attached to an aromatic ring is 1. The van der Waals surface area contributed by atoms with Gasteiger partial charge in [0.05, 0.1) is 26.0 Å². The summed E-state index contributed by atoms with van der Waals surface area (Å²) in [4.78, 5) is 25.2. The molecule has 0 bridgehead atoms. The second kappa shape index (κ2) is 5.79. The van der Waals surface area contributed by atoms with Gasteiger partial charge in [0.25, 0.3) is 5.91 Å². The number of ether oxygens (including phenoxy) is 2. The smallest absolute Gasteiger partial charge is 0.254 e. The molecule has 1 fully saturated rings. The van der Waals surface area contributed by atoms with Crippen molar-refractivity contribution in [1.82, 2.24) is 4.90 Å². The van der Waals surface area contributed by atoms with Gasteiger partial charge in [-0.15, -0.1) is 0 Å². The highest BCUT2D eigenvalue weighted by Crippen LogP contribution is 2.23. The van der Waals surface area contributed by atoms with Crippen LogP contribution in [-0.4, -0.2) is 49.6 Å². The lowest BCUT2D eigenvalue weighted by Crippen LogP contribution is -2.54. The quantitative estimate of drug-likeness (QED) is 0.732. The molecule has 0 spiro atoms. The Hall–Kier alpha value is -2.28. The fourth-order valence-electron chi connectivity index (χ4n) is 2.12. The maximum atomic E-state index is 12.4. The molecule has 108 valence electrons. The highest BCUT2D eigenvalue weighted by atomic mass is 16.5. The van der Waals surface area contributed by atoms with Crippen LogP contribution in [0, 0.1) is 0 Å². The molecular weight excluding hydrogens is 262 g/mol. The van der Waals surface area contributed by atoms with Crippen molar-refractivity contribution >= 4 is 17.5 Å². The highest BCUT2D eigenvalue weighted by molar-refractivity contribution is 5.98. The predicted molar refractivity (Wildman–Crippen MR) is 72.2 cm³/mol. The van der Waals surface area contributed by atoms with Crippen LogP contribution in [0.2, 0.25) is 0 Å². The van der Waals surface area contributed by atoms with Gasteiger partial charge < -0.3 is 25.8 Å². The normalized spacial score (nSPS) is 18.6. The van der Waals surface area contributed by atoms with E-state index < -0.39 is 11.9 Å². The first-order valence-corrected chi connectivity index (χ1v) is 6.16. The van der Waals surface area contributed by atoms with E-state index >= 15 is 0 Å². The van der Waals surface area contributed by atoms with Gasteiger partial charge in [0, 0.05) is 12.1 Å². The molecule has 0 radical (unpaired) electrons. The molecule has 2 rings (SSSR count). The van der Waals surface area contributed by atoms with E-state index in [-0.39, 0.29) is 12.5 Å². The van der Waals surface area contributed by atoms with Crippen molar-refractivity contribution in [2.75, 3.05) is 32.6 Å². The van der Waals surface area contributed by atoms with Crippen LogP contribution in [0.1, 0.15) is 10.4 Å². The molecule has 2 amide bonds. The Morgan fingerprint density at radius 3 is 2.80 bits per heavy atom. The number of morpholine rings is 1. The summed E-state index contributed by atoms with van der Waals surface area (Å²) >= 11 is 0. The summed E-state index contributed by atoms with van der Waals surface area (Å²) in [6.45, 7) is 0.812. The average Bonchev–Trinajstić information content (AvgIpc) is 2.46. The van der Waals surface area contributed by atoms with Crippen molar-refractivity contribution in [1.29, 1.82) is 0 Å². The molecular formula is C13H17N3O4. The molecule has 1 heterocycles. The third kappa shape index (κ3) is 2.67. The maximum Gasteiger partial charge on any atom is 0.254 e.